The number of hydrogen-bond acceptors (Lipinski definition) is 5. The Labute approximate surface area is 127 Å². The summed E-state index contributed by atoms with van der Waals surface area (Å²) >= 11 is 0. The number of aliphatic carboxylic acids is 1. The van der Waals surface area contributed by atoms with Gasteiger partial charge in [-0.25, -0.2) is 0 Å². The first-order valence-electron chi connectivity index (χ1n) is 7.67. The molecule has 0 aromatic heterocycles. The highest BCUT2D eigenvalue weighted by molar-refractivity contribution is 5.96. The first-order valence-corrected chi connectivity index (χ1v) is 7.67. The van der Waals surface area contributed by atoms with Crippen molar-refractivity contribution in [2.75, 3.05) is 39.3 Å². The summed E-state index contributed by atoms with van der Waals surface area (Å²) in [6.07, 6.45) is 3.43. The number of carboxylic acids is 1. The highest BCUT2D eigenvalue weighted by Gasteiger charge is 2.25. The molecule has 6 N–H and O–H groups in total. The molecule has 7 heteroatoms. The minimum absolute atomic E-state index is 0.327. The predicted octanol–water partition coefficient (Wildman–Crippen LogP) is -0.397. The van der Waals surface area contributed by atoms with Gasteiger partial charge in [0.1, 0.15) is 5.92 Å². The minimum atomic E-state index is -1.08. The predicted molar refractivity (Wildman–Crippen MR) is 82.8 cm³/mol. The second-order valence-electron chi connectivity index (χ2n) is 5.13. The molecular weight excluding hydrogens is 272 g/mol. The number of carboxylic acid groups (broad SMARTS) is 1. The van der Waals surface area contributed by atoms with Gasteiger partial charge in [-0.2, -0.15) is 0 Å². The molecule has 124 valence electrons. The molecule has 0 aromatic rings. The molecule has 0 aliphatic heterocycles. The van der Waals surface area contributed by atoms with Gasteiger partial charge >= 0.3 is 5.97 Å². The van der Waals surface area contributed by atoms with Crippen LogP contribution < -0.4 is 16.8 Å². The maximum Gasteiger partial charge on any atom is 0.315 e. The fraction of sp³-hybridized carbons (Fsp3) is 0.857. The van der Waals surface area contributed by atoms with Gasteiger partial charge in [-0.1, -0.05) is 0 Å². The smallest absolute Gasteiger partial charge is 0.315 e. The average molecular weight is 302 g/mol. The molecule has 0 spiro atoms. The van der Waals surface area contributed by atoms with Crippen molar-refractivity contribution < 1.29 is 14.7 Å². The lowest BCUT2D eigenvalue weighted by Gasteiger charge is -2.24. The zero-order valence-electron chi connectivity index (χ0n) is 13.0. The number of nitrogens with zero attached hydrogens (tertiary/aromatic N) is 1. The van der Waals surface area contributed by atoms with Crippen molar-refractivity contribution >= 4 is 11.9 Å². The summed E-state index contributed by atoms with van der Waals surface area (Å²) in [6, 6.07) is 0. The molecule has 1 atom stereocenters. The lowest BCUT2D eigenvalue weighted by Crippen LogP contribution is -2.40. The number of nitrogens with two attached hydrogens (primary N) is 2. The molecule has 0 fully saturated rings. The first-order chi connectivity index (χ1) is 10.0. The maximum absolute atomic E-state index is 12.1. The number of amides is 1. The van der Waals surface area contributed by atoms with Crippen molar-refractivity contribution in [2.24, 2.45) is 17.4 Å². The molecular formula is C14H30N4O3. The second-order valence-corrected chi connectivity index (χ2v) is 5.13. The fourth-order valence-corrected chi connectivity index (χ4v) is 1.90. The summed E-state index contributed by atoms with van der Waals surface area (Å²) in [5, 5.41) is 12.2. The van der Waals surface area contributed by atoms with Crippen molar-refractivity contribution in [3.63, 3.8) is 0 Å². The van der Waals surface area contributed by atoms with Crippen LogP contribution in [0.4, 0.5) is 0 Å². The van der Waals surface area contributed by atoms with Crippen LogP contribution in [-0.4, -0.2) is 61.2 Å². The molecule has 0 rings (SSSR count). The topological polar surface area (TPSA) is 122 Å². The van der Waals surface area contributed by atoms with Gasteiger partial charge in [-0.05, 0) is 58.8 Å². The molecule has 0 aliphatic rings. The van der Waals surface area contributed by atoms with E-state index in [9.17, 15) is 9.59 Å². The summed E-state index contributed by atoms with van der Waals surface area (Å²) in [4.78, 5) is 24.6. The van der Waals surface area contributed by atoms with E-state index in [4.69, 9.17) is 16.6 Å². The SMILES string of the molecule is CC(C(=O)O)C(=O)N(CCCN)CCCCNCCCN. The van der Waals surface area contributed by atoms with E-state index in [1.54, 1.807) is 4.90 Å². The molecule has 1 amide bonds. The Morgan fingerprint density at radius 3 is 2.19 bits per heavy atom. The molecule has 21 heavy (non-hydrogen) atoms. The van der Waals surface area contributed by atoms with Gasteiger partial charge in [-0.15, -0.1) is 0 Å². The molecule has 0 radical (unpaired) electrons. The fourth-order valence-electron chi connectivity index (χ4n) is 1.90. The van der Waals surface area contributed by atoms with E-state index in [1.807, 2.05) is 0 Å². The van der Waals surface area contributed by atoms with Crippen molar-refractivity contribution in [3.8, 4) is 0 Å². The molecule has 1 unspecified atom stereocenters. The van der Waals surface area contributed by atoms with Crippen LogP contribution in [0.15, 0.2) is 0 Å². The summed E-state index contributed by atoms with van der Waals surface area (Å²) in [5.74, 6) is -2.40. The maximum atomic E-state index is 12.1. The molecule has 0 bridgehead atoms. The van der Waals surface area contributed by atoms with Crippen molar-refractivity contribution in [1.82, 2.24) is 10.2 Å². The van der Waals surface area contributed by atoms with Gasteiger partial charge in [0.15, 0.2) is 0 Å². The molecule has 0 aliphatic carbocycles. The largest absolute Gasteiger partial charge is 0.481 e. The van der Waals surface area contributed by atoms with Gasteiger partial charge in [0.05, 0.1) is 0 Å². The van der Waals surface area contributed by atoms with Gasteiger partial charge in [0, 0.05) is 13.1 Å². The Morgan fingerprint density at radius 2 is 1.62 bits per heavy atom. The van der Waals surface area contributed by atoms with Crippen molar-refractivity contribution in [3.05, 3.63) is 0 Å². The number of unbranched alkanes of at least 4 members (excludes halogenated alkanes) is 1. The number of rotatable bonds is 13. The summed E-state index contributed by atoms with van der Waals surface area (Å²) in [7, 11) is 0. The van der Waals surface area contributed by atoms with Crippen LogP contribution in [0.2, 0.25) is 0 Å². The van der Waals surface area contributed by atoms with Crippen LogP contribution >= 0.6 is 0 Å². The monoisotopic (exact) mass is 302 g/mol. The first kappa shape index (κ1) is 19.8. The molecule has 0 saturated carbocycles. The molecule has 0 saturated heterocycles. The third-order valence-corrected chi connectivity index (χ3v) is 3.27. The normalized spacial score (nSPS) is 12.1. The Kier molecular flexibility index (Phi) is 11.8. The van der Waals surface area contributed by atoms with E-state index in [0.717, 1.165) is 32.4 Å². The summed E-state index contributed by atoms with van der Waals surface area (Å²) in [6.45, 7) is 5.49. The number of hydrogen-bond donors (Lipinski definition) is 4. The van der Waals surface area contributed by atoms with Crippen molar-refractivity contribution in [2.45, 2.75) is 32.6 Å². The number of nitrogens with one attached hydrogen (secondary N) is 1. The van der Waals surface area contributed by atoms with Crippen LogP contribution in [-0.2, 0) is 9.59 Å². The Morgan fingerprint density at radius 1 is 1.05 bits per heavy atom. The van der Waals surface area contributed by atoms with Gasteiger partial charge in [0.25, 0.3) is 0 Å². The van der Waals surface area contributed by atoms with E-state index in [-0.39, 0.29) is 5.91 Å². The van der Waals surface area contributed by atoms with E-state index >= 15 is 0 Å². The zero-order valence-corrected chi connectivity index (χ0v) is 13.0. The zero-order chi connectivity index (χ0) is 16.1. The van der Waals surface area contributed by atoms with Gasteiger partial charge in [-0.3, -0.25) is 9.59 Å². The van der Waals surface area contributed by atoms with E-state index in [1.165, 1.54) is 6.92 Å². The van der Waals surface area contributed by atoms with Crippen LogP contribution in [0.3, 0.4) is 0 Å². The van der Waals surface area contributed by atoms with E-state index in [0.29, 0.717) is 32.6 Å². The lowest BCUT2D eigenvalue weighted by molar-refractivity contribution is -0.150. The number of carbonyl (C=O) groups is 2. The van der Waals surface area contributed by atoms with E-state index in [2.05, 4.69) is 5.32 Å². The van der Waals surface area contributed by atoms with Crippen LogP contribution in [0.25, 0.3) is 0 Å². The third kappa shape index (κ3) is 9.38. The lowest BCUT2D eigenvalue weighted by atomic mass is 10.1. The van der Waals surface area contributed by atoms with Crippen LogP contribution in [0, 0.1) is 5.92 Å². The van der Waals surface area contributed by atoms with Crippen molar-refractivity contribution in [1.29, 1.82) is 0 Å². The average Bonchev–Trinajstić information content (AvgIpc) is 2.47. The number of carbonyl (C=O) groups excluding carboxylic acids is 1. The highest BCUT2D eigenvalue weighted by Crippen LogP contribution is 2.06. The second kappa shape index (κ2) is 12.6. The van der Waals surface area contributed by atoms with E-state index < -0.39 is 11.9 Å². The summed E-state index contributed by atoms with van der Waals surface area (Å²) < 4.78 is 0. The van der Waals surface area contributed by atoms with Crippen LogP contribution in [0.5, 0.6) is 0 Å². The standard InChI is InChI=1S/C14H30N4O3/c1-12(14(20)21)13(19)18(11-5-7-16)10-3-2-8-17-9-4-6-15/h12,17H,2-11,15-16H2,1H3,(H,20,21). The summed E-state index contributed by atoms with van der Waals surface area (Å²) in [5.41, 5.74) is 10.9. The highest BCUT2D eigenvalue weighted by atomic mass is 16.4. The minimum Gasteiger partial charge on any atom is -0.481 e. The Balaban J connectivity index is 4.06. The van der Waals surface area contributed by atoms with Gasteiger partial charge in [0.2, 0.25) is 5.91 Å². The third-order valence-electron chi connectivity index (χ3n) is 3.27. The molecule has 7 nitrogen and oxygen atoms in total. The van der Waals surface area contributed by atoms with Crippen LogP contribution in [0.1, 0.15) is 32.6 Å². The van der Waals surface area contributed by atoms with Gasteiger partial charge < -0.3 is 26.8 Å². The molecule has 0 heterocycles. The molecule has 0 aromatic carbocycles. The Bertz CT molecular complexity index is 300. The quantitative estimate of drug-likeness (QED) is 0.271. The Hall–Kier alpha value is -1.18.